The molecule has 0 unspecified atom stereocenters. The molecule has 130 valence electrons. The second-order valence-corrected chi connectivity index (χ2v) is 9.54. The second-order valence-electron chi connectivity index (χ2n) is 6.25. The van der Waals surface area contributed by atoms with Gasteiger partial charge in [-0.3, -0.25) is 0 Å². The number of benzene rings is 1. The maximum atomic E-state index is 11.7. The summed E-state index contributed by atoms with van der Waals surface area (Å²) >= 11 is 1.78. The minimum Gasteiger partial charge on any atom is -0.229 e. The molecular weight excluding hydrogens is 342 g/mol. The number of aryl methyl sites for hydroxylation is 2. The van der Waals surface area contributed by atoms with E-state index in [9.17, 15) is 8.42 Å². The summed E-state index contributed by atoms with van der Waals surface area (Å²) in [6, 6.07) is 8.12. The van der Waals surface area contributed by atoms with Crippen LogP contribution in [-0.2, 0) is 16.3 Å². The summed E-state index contributed by atoms with van der Waals surface area (Å²) in [6.45, 7) is 2.06. The molecule has 1 aromatic carbocycles. The Hall–Kier alpha value is -1.34. The van der Waals surface area contributed by atoms with Gasteiger partial charge in [-0.15, -0.1) is 0 Å². The van der Waals surface area contributed by atoms with Crippen LogP contribution < -0.4 is 0 Å². The van der Waals surface area contributed by atoms with Crippen molar-refractivity contribution in [3.8, 4) is 5.69 Å². The molecule has 5 nitrogen and oxygen atoms in total. The summed E-state index contributed by atoms with van der Waals surface area (Å²) in [7, 11) is -2.88. The van der Waals surface area contributed by atoms with Gasteiger partial charge in [0.15, 0.2) is 5.82 Å². The number of aromatic nitrogens is 3. The Bertz CT molecular complexity index is 801. The molecule has 7 heteroatoms. The predicted molar refractivity (Wildman–Crippen MR) is 98.8 cm³/mol. The summed E-state index contributed by atoms with van der Waals surface area (Å²) in [5.41, 5.74) is 2.17. The number of nitrogens with zero attached hydrogens (tertiary/aromatic N) is 3. The maximum Gasteiger partial charge on any atom is 0.152 e. The van der Waals surface area contributed by atoms with Gasteiger partial charge in [0, 0.05) is 18.1 Å². The van der Waals surface area contributed by atoms with Gasteiger partial charge in [-0.2, -0.15) is 16.9 Å². The van der Waals surface area contributed by atoms with E-state index in [2.05, 4.69) is 19.2 Å². The normalized spacial score (nSPS) is 17.9. The monoisotopic (exact) mass is 365 g/mol. The van der Waals surface area contributed by atoms with Crippen LogP contribution in [0.4, 0.5) is 0 Å². The maximum absolute atomic E-state index is 11.7. The standard InChI is InChI=1S/C17H23N3O2S2/c1-13-5-3-4-6-15(13)20-17(18-16(19-20)7-10-23-2)14-8-11-24(21,22)12-9-14/h3-6,14H,7-12H2,1-2H3. The Labute approximate surface area is 147 Å². The molecule has 1 aliphatic rings. The van der Waals surface area contributed by atoms with Gasteiger partial charge in [0.25, 0.3) is 0 Å². The van der Waals surface area contributed by atoms with Crippen molar-refractivity contribution in [1.29, 1.82) is 0 Å². The van der Waals surface area contributed by atoms with Crippen molar-refractivity contribution in [1.82, 2.24) is 14.8 Å². The molecule has 0 atom stereocenters. The molecule has 0 N–H and O–H groups in total. The number of thioether (sulfide) groups is 1. The van der Waals surface area contributed by atoms with Crippen LogP contribution >= 0.6 is 11.8 Å². The van der Waals surface area contributed by atoms with E-state index in [1.807, 2.05) is 22.9 Å². The molecule has 1 aliphatic heterocycles. The van der Waals surface area contributed by atoms with Crippen LogP contribution in [-0.4, -0.2) is 46.7 Å². The number of hydrogen-bond acceptors (Lipinski definition) is 5. The van der Waals surface area contributed by atoms with Gasteiger partial charge in [-0.05, 0) is 37.7 Å². The van der Waals surface area contributed by atoms with Gasteiger partial charge in [0.1, 0.15) is 15.7 Å². The summed E-state index contributed by atoms with van der Waals surface area (Å²) in [6.07, 6.45) is 4.17. The molecule has 1 fully saturated rings. The molecule has 3 rings (SSSR count). The van der Waals surface area contributed by atoms with Gasteiger partial charge in [-0.1, -0.05) is 18.2 Å². The molecule has 1 saturated heterocycles. The predicted octanol–water partition coefficient (Wildman–Crippen LogP) is 2.77. The topological polar surface area (TPSA) is 64.8 Å². The minimum atomic E-state index is -2.88. The Kier molecular flexibility index (Phi) is 5.30. The van der Waals surface area contributed by atoms with Crippen LogP contribution in [0, 0.1) is 6.92 Å². The third-order valence-corrected chi connectivity index (χ3v) is 6.80. The highest BCUT2D eigenvalue weighted by atomic mass is 32.2. The molecule has 0 saturated carbocycles. The molecule has 0 bridgehead atoms. The van der Waals surface area contributed by atoms with Crippen LogP contribution in [0.2, 0.25) is 0 Å². The highest BCUT2D eigenvalue weighted by Gasteiger charge is 2.29. The van der Waals surface area contributed by atoms with Crippen LogP contribution in [0.1, 0.15) is 36.0 Å². The zero-order valence-electron chi connectivity index (χ0n) is 14.1. The first-order valence-corrected chi connectivity index (χ1v) is 11.4. The van der Waals surface area contributed by atoms with Gasteiger partial charge in [0.2, 0.25) is 0 Å². The lowest BCUT2D eigenvalue weighted by Crippen LogP contribution is -2.24. The SMILES string of the molecule is CSCCc1nc(C2CCS(=O)(=O)CC2)n(-c2ccccc2C)n1. The first-order valence-electron chi connectivity index (χ1n) is 8.21. The quantitative estimate of drug-likeness (QED) is 0.815. The van der Waals surface area contributed by atoms with Crippen LogP contribution in [0.25, 0.3) is 5.69 Å². The van der Waals surface area contributed by atoms with E-state index in [4.69, 9.17) is 10.1 Å². The number of hydrogen-bond donors (Lipinski definition) is 0. The van der Waals surface area contributed by atoms with Crippen LogP contribution in [0.15, 0.2) is 24.3 Å². The fourth-order valence-electron chi connectivity index (χ4n) is 3.06. The highest BCUT2D eigenvalue weighted by molar-refractivity contribution is 7.98. The Morgan fingerprint density at radius 3 is 2.62 bits per heavy atom. The van der Waals surface area contributed by atoms with E-state index in [0.717, 1.165) is 35.1 Å². The Morgan fingerprint density at radius 1 is 1.25 bits per heavy atom. The third-order valence-electron chi connectivity index (χ3n) is 4.47. The third kappa shape index (κ3) is 3.83. The molecular formula is C17H23N3O2S2. The average molecular weight is 366 g/mol. The zero-order chi connectivity index (χ0) is 17.2. The minimum absolute atomic E-state index is 0.156. The van der Waals surface area contributed by atoms with E-state index in [0.29, 0.717) is 12.8 Å². The first-order chi connectivity index (χ1) is 11.5. The van der Waals surface area contributed by atoms with Gasteiger partial charge < -0.3 is 0 Å². The summed E-state index contributed by atoms with van der Waals surface area (Å²) in [5, 5.41) is 4.73. The van der Waals surface area contributed by atoms with E-state index >= 15 is 0 Å². The summed E-state index contributed by atoms with van der Waals surface area (Å²) in [4.78, 5) is 4.78. The smallest absolute Gasteiger partial charge is 0.152 e. The lowest BCUT2D eigenvalue weighted by molar-refractivity contribution is 0.529. The summed E-state index contributed by atoms with van der Waals surface area (Å²) < 4.78 is 25.4. The van der Waals surface area contributed by atoms with Crippen molar-refractivity contribution < 1.29 is 8.42 Å². The van der Waals surface area contributed by atoms with Crippen molar-refractivity contribution in [2.24, 2.45) is 0 Å². The van der Waals surface area contributed by atoms with Gasteiger partial charge >= 0.3 is 0 Å². The number of rotatable bonds is 5. The fourth-order valence-corrected chi connectivity index (χ4v) is 4.94. The van der Waals surface area contributed by atoms with E-state index in [1.165, 1.54) is 0 Å². The molecule has 2 heterocycles. The molecule has 0 radical (unpaired) electrons. The summed E-state index contributed by atoms with van der Waals surface area (Å²) in [5.74, 6) is 3.39. The number of sulfone groups is 1. The van der Waals surface area contributed by atoms with E-state index < -0.39 is 9.84 Å². The average Bonchev–Trinajstić information content (AvgIpc) is 2.97. The van der Waals surface area contributed by atoms with E-state index in [-0.39, 0.29) is 17.4 Å². The van der Waals surface area contributed by atoms with Gasteiger partial charge in [0.05, 0.1) is 17.2 Å². The molecule has 0 aliphatic carbocycles. The molecule has 0 spiro atoms. The molecule has 1 aromatic heterocycles. The molecule has 2 aromatic rings. The second kappa shape index (κ2) is 7.27. The fraction of sp³-hybridized carbons (Fsp3) is 0.529. The van der Waals surface area contributed by atoms with Crippen LogP contribution in [0.5, 0.6) is 0 Å². The van der Waals surface area contributed by atoms with Crippen molar-refractivity contribution in [2.75, 3.05) is 23.5 Å². The van der Waals surface area contributed by atoms with Crippen molar-refractivity contribution in [3.63, 3.8) is 0 Å². The molecule has 0 amide bonds. The highest BCUT2D eigenvalue weighted by Crippen LogP contribution is 2.30. The first kappa shape index (κ1) is 17.5. The van der Waals surface area contributed by atoms with Crippen molar-refractivity contribution in [2.45, 2.75) is 32.1 Å². The zero-order valence-corrected chi connectivity index (χ0v) is 15.7. The van der Waals surface area contributed by atoms with Crippen LogP contribution in [0.3, 0.4) is 0 Å². The van der Waals surface area contributed by atoms with Gasteiger partial charge in [-0.25, -0.2) is 18.1 Å². The van der Waals surface area contributed by atoms with Crippen molar-refractivity contribution >= 4 is 21.6 Å². The Morgan fingerprint density at radius 2 is 1.96 bits per heavy atom. The lowest BCUT2D eigenvalue weighted by Gasteiger charge is -2.22. The largest absolute Gasteiger partial charge is 0.229 e. The lowest BCUT2D eigenvalue weighted by atomic mass is 10.0. The number of para-hydroxylation sites is 1. The van der Waals surface area contributed by atoms with Crippen molar-refractivity contribution in [3.05, 3.63) is 41.5 Å². The Balaban J connectivity index is 1.97. The van der Waals surface area contributed by atoms with E-state index in [1.54, 1.807) is 11.8 Å². The molecule has 24 heavy (non-hydrogen) atoms.